The second-order valence-corrected chi connectivity index (χ2v) is 6.60. The third kappa shape index (κ3) is 2.68. The van der Waals surface area contributed by atoms with Crippen LogP contribution in [0.1, 0.15) is 37.2 Å². The van der Waals surface area contributed by atoms with Gasteiger partial charge in [-0.2, -0.15) is 0 Å². The van der Waals surface area contributed by atoms with Gasteiger partial charge in [0.1, 0.15) is 11.6 Å². The number of benzene rings is 1. The van der Waals surface area contributed by atoms with Gasteiger partial charge in [0, 0.05) is 38.3 Å². The summed E-state index contributed by atoms with van der Waals surface area (Å²) >= 11 is 0. The van der Waals surface area contributed by atoms with Gasteiger partial charge >= 0.3 is 0 Å². The second kappa shape index (κ2) is 6.30. The number of para-hydroxylation sites is 1. The Balaban J connectivity index is 1.46. The Hall–Kier alpha value is -2.30. The van der Waals surface area contributed by atoms with E-state index in [9.17, 15) is 4.79 Å². The van der Waals surface area contributed by atoms with Crippen molar-refractivity contribution in [3.63, 3.8) is 0 Å². The van der Waals surface area contributed by atoms with Crippen LogP contribution in [0.4, 0.5) is 0 Å². The standard InChI is InChI=1S/C19H23N3O2/c1-2-18-20-9-11-22(18)15-7-5-10-21(13-15)19(23)17-12-14-6-3-4-8-16(14)24-17/h3-4,6,8-9,11,15,17H,2,5,7,10,12-13H2,1H3/t15-,17-/m0/s1. The molecule has 2 aliphatic heterocycles. The summed E-state index contributed by atoms with van der Waals surface area (Å²) in [6.07, 6.45) is 7.25. The number of aromatic nitrogens is 2. The first kappa shape index (κ1) is 15.2. The average Bonchev–Trinajstić information content (AvgIpc) is 3.27. The molecule has 0 N–H and O–H groups in total. The van der Waals surface area contributed by atoms with Crippen molar-refractivity contribution in [3.05, 3.63) is 48.0 Å². The van der Waals surface area contributed by atoms with Gasteiger partial charge in [-0.05, 0) is 24.5 Å². The highest BCUT2D eigenvalue weighted by molar-refractivity contribution is 5.82. The molecule has 1 saturated heterocycles. The molecule has 1 amide bonds. The van der Waals surface area contributed by atoms with Crippen molar-refractivity contribution < 1.29 is 9.53 Å². The Kier molecular flexibility index (Phi) is 4.00. The first-order chi connectivity index (χ1) is 11.8. The predicted molar refractivity (Wildman–Crippen MR) is 91.0 cm³/mol. The largest absolute Gasteiger partial charge is 0.480 e. The van der Waals surface area contributed by atoms with Crippen molar-refractivity contribution in [1.82, 2.24) is 14.5 Å². The monoisotopic (exact) mass is 325 g/mol. The van der Waals surface area contributed by atoms with Crippen molar-refractivity contribution in [2.24, 2.45) is 0 Å². The summed E-state index contributed by atoms with van der Waals surface area (Å²) in [6, 6.07) is 8.26. The quantitative estimate of drug-likeness (QED) is 0.871. The van der Waals surface area contributed by atoms with Crippen LogP contribution < -0.4 is 4.74 Å². The fourth-order valence-electron chi connectivity index (χ4n) is 3.86. The van der Waals surface area contributed by atoms with E-state index in [4.69, 9.17) is 4.74 Å². The fourth-order valence-corrected chi connectivity index (χ4v) is 3.86. The molecule has 126 valence electrons. The van der Waals surface area contributed by atoms with Gasteiger partial charge in [-0.3, -0.25) is 4.79 Å². The minimum Gasteiger partial charge on any atom is -0.480 e. The number of ether oxygens (including phenoxy) is 1. The highest BCUT2D eigenvalue weighted by Crippen LogP contribution is 2.30. The maximum absolute atomic E-state index is 12.9. The van der Waals surface area contributed by atoms with Gasteiger partial charge < -0.3 is 14.2 Å². The van der Waals surface area contributed by atoms with Crippen LogP contribution >= 0.6 is 0 Å². The molecule has 0 spiro atoms. The third-order valence-electron chi connectivity index (χ3n) is 5.09. The van der Waals surface area contributed by atoms with Gasteiger partial charge in [-0.15, -0.1) is 0 Å². The van der Waals surface area contributed by atoms with Gasteiger partial charge in [0.05, 0.1) is 6.04 Å². The normalized spacial score (nSPS) is 23.0. The molecule has 0 aliphatic carbocycles. The first-order valence-corrected chi connectivity index (χ1v) is 8.81. The Morgan fingerprint density at radius 3 is 3.08 bits per heavy atom. The smallest absolute Gasteiger partial charge is 0.264 e. The third-order valence-corrected chi connectivity index (χ3v) is 5.09. The molecular weight excluding hydrogens is 302 g/mol. The van der Waals surface area contributed by atoms with Gasteiger partial charge in [0.25, 0.3) is 5.91 Å². The molecule has 2 atom stereocenters. The van der Waals surface area contributed by atoms with E-state index in [-0.39, 0.29) is 12.0 Å². The number of aryl methyl sites for hydroxylation is 1. The number of nitrogens with zero attached hydrogens (tertiary/aromatic N) is 3. The van der Waals surface area contributed by atoms with E-state index in [1.807, 2.05) is 41.6 Å². The second-order valence-electron chi connectivity index (χ2n) is 6.60. The molecule has 24 heavy (non-hydrogen) atoms. The lowest BCUT2D eigenvalue weighted by molar-refractivity contribution is -0.139. The number of piperidine rings is 1. The number of likely N-dealkylation sites (tertiary alicyclic amines) is 1. The molecule has 0 radical (unpaired) electrons. The number of hydrogen-bond donors (Lipinski definition) is 0. The van der Waals surface area contributed by atoms with Crippen molar-refractivity contribution in [1.29, 1.82) is 0 Å². The van der Waals surface area contributed by atoms with Gasteiger partial charge in [-0.25, -0.2) is 4.98 Å². The summed E-state index contributed by atoms with van der Waals surface area (Å²) in [5, 5.41) is 0. The number of imidazole rings is 1. The highest BCUT2D eigenvalue weighted by atomic mass is 16.5. The van der Waals surface area contributed by atoms with Crippen LogP contribution in [0, 0.1) is 0 Å². The van der Waals surface area contributed by atoms with Crippen LogP contribution in [0.5, 0.6) is 5.75 Å². The van der Waals surface area contributed by atoms with Gasteiger partial charge in [0.15, 0.2) is 6.10 Å². The SMILES string of the molecule is CCc1nccn1[C@H]1CCCN(C(=O)[C@@H]2Cc3ccccc3O2)C1. The number of hydrogen-bond acceptors (Lipinski definition) is 3. The molecule has 0 unspecified atom stereocenters. The minimum absolute atomic E-state index is 0.120. The number of rotatable bonds is 3. The highest BCUT2D eigenvalue weighted by Gasteiger charge is 2.34. The van der Waals surface area contributed by atoms with Gasteiger partial charge in [-0.1, -0.05) is 25.1 Å². The van der Waals surface area contributed by atoms with Crippen LogP contribution in [0.3, 0.4) is 0 Å². The van der Waals surface area contributed by atoms with Crippen LogP contribution in [0.25, 0.3) is 0 Å². The Morgan fingerprint density at radius 1 is 1.38 bits per heavy atom. The number of fused-ring (bicyclic) bond motifs is 1. The van der Waals surface area contributed by atoms with Crippen LogP contribution in [-0.2, 0) is 17.6 Å². The van der Waals surface area contributed by atoms with E-state index in [0.717, 1.165) is 49.5 Å². The molecule has 2 aromatic rings. The van der Waals surface area contributed by atoms with Crippen molar-refractivity contribution in [2.75, 3.05) is 13.1 Å². The summed E-state index contributed by atoms with van der Waals surface area (Å²) in [4.78, 5) is 19.3. The Bertz CT molecular complexity index is 715. The number of amides is 1. The van der Waals surface area contributed by atoms with Crippen molar-refractivity contribution in [3.8, 4) is 5.75 Å². The van der Waals surface area contributed by atoms with Crippen LogP contribution in [0.15, 0.2) is 36.7 Å². The molecule has 0 saturated carbocycles. The molecule has 1 aromatic carbocycles. The average molecular weight is 325 g/mol. The van der Waals surface area contributed by atoms with Crippen LogP contribution in [-0.4, -0.2) is 39.6 Å². The summed E-state index contributed by atoms with van der Waals surface area (Å²) < 4.78 is 8.12. The maximum Gasteiger partial charge on any atom is 0.264 e. The topological polar surface area (TPSA) is 47.4 Å². The maximum atomic E-state index is 12.9. The number of carbonyl (C=O) groups is 1. The molecule has 0 bridgehead atoms. The molecular formula is C19H23N3O2. The first-order valence-electron chi connectivity index (χ1n) is 8.81. The summed E-state index contributed by atoms with van der Waals surface area (Å²) in [7, 11) is 0. The molecule has 3 heterocycles. The van der Waals surface area contributed by atoms with Gasteiger partial charge in [0.2, 0.25) is 0 Å². The Labute approximate surface area is 142 Å². The zero-order valence-electron chi connectivity index (χ0n) is 14.0. The lowest BCUT2D eigenvalue weighted by atomic mass is 10.0. The summed E-state index contributed by atoms with van der Waals surface area (Å²) in [5.74, 6) is 2.07. The zero-order valence-corrected chi connectivity index (χ0v) is 14.0. The molecule has 4 rings (SSSR count). The minimum atomic E-state index is -0.366. The van der Waals surface area contributed by atoms with E-state index in [2.05, 4.69) is 16.5 Å². The zero-order chi connectivity index (χ0) is 16.5. The predicted octanol–water partition coefficient (Wildman–Crippen LogP) is 2.61. The molecule has 5 nitrogen and oxygen atoms in total. The molecule has 2 aliphatic rings. The van der Waals surface area contributed by atoms with Crippen LogP contribution in [0.2, 0.25) is 0 Å². The summed E-state index contributed by atoms with van der Waals surface area (Å²) in [6.45, 7) is 3.69. The summed E-state index contributed by atoms with van der Waals surface area (Å²) in [5.41, 5.74) is 1.13. The lowest BCUT2D eigenvalue weighted by Crippen LogP contribution is -2.46. The number of carbonyl (C=O) groups excluding carboxylic acids is 1. The van der Waals surface area contributed by atoms with E-state index in [0.29, 0.717) is 12.5 Å². The molecule has 1 fully saturated rings. The van der Waals surface area contributed by atoms with E-state index in [1.165, 1.54) is 0 Å². The lowest BCUT2D eigenvalue weighted by Gasteiger charge is -2.35. The fraction of sp³-hybridized carbons (Fsp3) is 0.474. The van der Waals surface area contributed by atoms with Crippen molar-refractivity contribution in [2.45, 2.75) is 44.8 Å². The van der Waals surface area contributed by atoms with E-state index >= 15 is 0 Å². The van der Waals surface area contributed by atoms with E-state index < -0.39 is 0 Å². The molecule has 5 heteroatoms. The van der Waals surface area contributed by atoms with E-state index in [1.54, 1.807) is 0 Å². The Morgan fingerprint density at radius 2 is 2.25 bits per heavy atom. The van der Waals surface area contributed by atoms with Crippen molar-refractivity contribution >= 4 is 5.91 Å². The molecule has 1 aromatic heterocycles.